The fraction of sp³-hybridized carbons (Fsp3) is 0.619. The van der Waals surface area contributed by atoms with Crippen LogP contribution >= 0.6 is 0 Å². The summed E-state index contributed by atoms with van der Waals surface area (Å²) in [6.07, 6.45) is 5.45. The van der Waals surface area contributed by atoms with Crippen LogP contribution < -0.4 is 5.32 Å². The average molecular weight is 379 g/mol. The van der Waals surface area contributed by atoms with Crippen LogP contribution in [0.1, 0.15) is 50.5 Å². The molecule has 1 aromatic carbocycles. The number of carbonyl (C=O) groups excluding carboxylic acids is 1. The van der Waals surface area contributed by atoms with Crippen LogP contribution in [0.25, 0.3) is 0 Å². The lowest BCUT2D eigenvalue weighted by Crippen LogP contribution is -2.42. The van der Waals surface area contributed by atoms with Crippen molar-refractivity contribution in [2.45, 2.75) is 57.6 Å². The molecule has 1 atom stereocenters. The molecule has 0 heterocycles. The first kappa shape index (κ1) is 23.1. The van der Waals surface area contributed by atoms with Crippen molar-refractivity contribution in [1.82, 2.24) is 10.2 Å². The number of ether oxygens (including phenoxy) is 1. The number of carbonyl (C=O) groups is 2. The van der Waals surface area contributed by atoms with E-state index in [1.165, 1.54) is 5.56 Å². The summed E-state index contributed by atoms with van der Waals surface area (Å²) in [6.45, 7) is 1.95. The van der Waals surface area contributed by atoms with Crippen LogP contribution in [0.2, 0.25) is 0 Å². The summed E-state index contributed by atoms with van der Waals surface area (Å²) in [4.78, 5) is 24.7. The van der Waals surface area contributed by atoms with Gasteiger partial charge in [-0.25, -0.2) is 0 Å². The van der Waals surface area contributed by atoms with Gasteiger partial charge in [-0.3, -0.25) is 9.59 Å². The number of hydrogen-bond donors (Lipinski definition) is 2. The Bertz CT molecular complexity index is 534. The van der Waals surface area contributed by atoms with Crippen molar-refractivity contribution >= 4 is 11.9 Å². The molecule has 152 valence electrons. The molecule has 2 N–H and O–H groups in total. The van der Waals surface area contributed by atoms with Gasteiger partial charge < -0.3 is 20.1 Å². The molecule has 1 unspecified atom stereocenters. The van der Waals surface area contributed by atoms with E-state index in [1.54, 1.807) is 0 Å². The van der Waals surface area contributed by atoms with Gasteiger partial charge in [0.15, 0.2) is 0 Å². The van der Waals surface area contributed by atoms with E-state index in [1.807, 2.05) is 37.2 Å². The summed E-state index contributed by atoms with van der Waals surface area (Å²) in [6, 6.07) is 9.80. The van der Waals surface area contributed by atoms with Gasteiger partial charge in [-0.15, -0.1) is 0 Å². The number of carboxylic acid groups (broad SMARTS) is 1. The number of nitrogens with one attached hydrogen (secondary N) is 1. The van der Waals surface area contributed by atoms with Crippen LogP contribution in [0, 0.1) is 0 Å². The topological polar surface area (TPSA) is 78.9 Å². The minimum absolute atomic E-state index is 0.0487. The third-order valence-electron chi connectivity index (χ3n) is 4.18. The molecule has 6 heteroatoms. The van der Waals surface area contributed by atoms with Gasteiger partial charge in [0.25, 0.3) is 0 Å². The van der Waals surface area contributed by atoms with Gasteiger partial charge in [0.05, 0.1) is 19.1 Å². The van der Waals surface area contributed by atoms with E-state index in [2.05, 4.69) is 17.4 Å². The van der Waals surface area contributed by atoms with Gasteiger partial charge in [-0.1, -0.05) is 49.6 Å². The zero-order chi connectivity index (χ0) is 19.9. The lowest BCUT2D eigenvalue weighted by atomic mass is 10.1. The summed E-state index contributed by atoms with van der Waals surface area (Å²) in [5, 5.41) is 11.8. The highest BCUT2D eigenvalue weighted by Gasteiger charge is 2.16. The third-order valence-corrected chi connectivity index (χ3v) is 4.18. The first-order chi connectivity index (χ1) is 13.0. The molecular formula is C21H34N2O4. The van der Waals surface area contributed by atoms with Gasteiger partial charge in [-0.2, -0.15) is 0 Å². The maximum Gasteiger partial charge on any atom is 0.305 e. The molecule has 0 aliphatic heterocycles. The molecule has 1 aromatic rings. The Morgan fingerprint density at radius 1 is 1.07 bits per heavy atom. The maximum absolute atomic E-state index is 12.0. The van der Waals surface area contributed by atoms with E-state index >= 15 is 0 Å². The van der Waals surface area contributed by atoms with Crippen molar-refractivity contribution in [3.05, 3.63) is 35.9 Å². The molecule has 0 saturated carbocycles. The summed E-state index contributed by atoms with van der Waals surface area (Å²) >= 11 is 0. The van der Waals surface area contributed by atoms with Crippen LogP contribution in [-0.4, -0.2) is 55.2 Å². The first-order valence-electron chi connectivity index (χ1n) is 9.75. The Balaban J connectivity index is 2.01. The predicted molar refractivity (Wildman–Crippen MR) is 107 cm³/mol. The highest BCUT2D eigenvalue weighted by atomic mass is 16.5. The number of rotatable bonds is 15. The third kappa shape index (κ3) is 13.0. The molecule has 0 bridgehead atoms. The van der Waals surface area contributed by atoms with Gasteiger partial charge in [0.1, 0.15) is 0 Å². The van der Waals surface area contributed by atoms with Gasteiger partial charge in [0.2, 0.25) is 5.91 Å². The van der Waals surface area contributed by atoms with Crippen molar-refractivity contribution in [1.29, 1.82) is 0 Å². The number of benzene rings is 1. The Labute approximate surface area is 162 Å². The minimum Gasteiger partial charge on any atom is -0.481 e. The molecule has 6 nitrogen and oxygen atoms in total. The summed E-state index contributed by atoms with van der Waals surface area (Å²) in [7, 11) is 3.73. The van der Waals surface area contributed by atoms with E-state index in [0.717, 1.165) is 38.7 Å². The molecule has 1 rings (SSSR count). The highest BCUT2D eigenvalue weighted by molar-refractivity contribution is 5.77. The lowest BCUT2D eigenvalue weighted by molar-refractivity contribution is -0.137. The van der Waals surface area contributed by atoms with Crippen LogP contribution in [0.5, 0.6) is 0 Å². The fourth-order valence-corrected chi connectivity index (χ4v) is 2.90. The molecule has 0 radical (unpaired) electrons. The molecule has 27 heavy (non-hydrogen) atoms. The van der Waals surface area contributed by atoms with Crippen LogP contribution in [0.3, 0.4) is 0 Å². The Kier molecular flexibility index (Phi) is 12.1. The Morgan fingerprint density at radius 2 is 1.74 bits per heavy atom. The van der Waals surface area contributed by atoms with Crippen LogP contribution in [0.4, 0.5) is 0 Å². The molecule has 0 aliphatic rings. The van der Waals surface area contributed by atoms with Crippen molar-refractivity contribution in [2.24, 2.45) is 0 Å². The summed E-state index contributed by atoms with van der Waals surface area (Å²) < 4.78 is 5.66. The van der Waals surface area contributed by atoms with E-state index in [0.29, 0.717) is 19.6 Å². The van der Waals surface area contributed by atoms with E-state index in [4.69, 9.17) is 9.84 Å². The maximum atomic E-state index is 12.0. The highest BCUT2D eigenvalue weighted by Crippen LogP contribution is 2.07. The number of likely N-dealkylation sites (N-methyl/N-ethyl adjacent to an activating group) is 1. The van der Waals surface area contributed by atoms with Crippen molar-refractivity contribution in [3.63, 3.8) is 0 Å². The molecule has 0 aromatic heterocycles. The monoisotopic (exact) mass is 378 g/mol. The van der Waals surface area contributed by atoms with Gasteiger partial charge >= 0.3 is 5.97 Å². The molecule has 1 amide bonds. The van der Waals surface area contributed by atoms with Gasteiger partial charge in [0, 0.05) is 19.6 Å². The zero-order valence-corrected chi connectivity index (χ0v) is 16.7. The second kappa shape index (κ2) is 14.2. The van der Waals surface area contributed by atoms with Crippen molar-refractivity contribution < 1.29 is 19.4 Å². The smallest absolute Gasteiger partial charge is 0.305 e. The number of aliphatic carboxylic acids is 1. The molecular weight excluding hydrogens is 344 g/mol. The van der Waals surface area contributed by atoms with Crippen LogP contribution in [-0.2, 0) is 20.9 Å². The SMILES string of the molecule is CN(C)CC(CC(=O)O)NC(=O)CCCCCCCOCc1ccccc1. The van der Waals surface area contributed by atoms with E-state index in [-0.39, 0.29) is 18.4 Å². The average Bonchev–Trinajstić information content (AvgIpc) is 2.60. The Hall–Kier alpha value is -1.92. The number of unbranched alkanes of at least 4 members (excludes halogenated alkanes) is 4. The standard InChI is InChI=1S/C21H34N2O4/c1-23(2)16-19(15-21(25)26)22-20(24)13-9-4-3-5-10-14-27-17-18-11-7-6-8-12-18/h6-8,11-12,19H,3-5,9-10,13-17H2,1-2H3,(H,22,24)(H,25,26). The van der Waals surface area contributed by atoms with Crippen molar-refractivity contribution in [3.8, 4) is 0 Å². The largest absolute Gasteiger partial charge is 0.481 e. The first-order valence-corrected chi connectivity index (χ1v) is 9.75. The number of nitrogens with zero attached hydrogens (tertiary/aromatic N) is 1. The van der Waals surface area contributed by atoms with E-state index in [9.17, 15) is 9.59 Å². The molecule has 0 fully saturated rings. The van der Waals surface area contributed by atoms with Crippen molar-refractivity contribution in [2.75, 3.05) is 27.2 Å². The molecule has 0 aliphatic carbocycles. The number of amides is 1. The minimum atomic E-state index is -0.892. The van der Waals surface area contributed by atoms with Crippen LogP contribution in [0.15, 0.2) is 30.3 Å². The quantitative estimate of drug-likeness (QED) is 0.459. The molecule has 0 spiro atoms. The van der Waals surface area contributed by atoms with E-state index < -0.39 is 5.97 Å². The molecule has 0 saturated heterocycles. The summed E-state index contributed by atoms with van der Waals surface area (Å²) in [5.74, 6) is -0.953. The fourth-order valence-electron chi connectivity index (χ4n) is 2.90. The lowest BCUT2D eigenvalue weighted by Gasteiger charge is -2.20. The van der Waals surface area contributed by atoms with Gasteiger partial charge in [-0.05, 0) is 32.5 Å². The predicted octanol–water partition coefficient (Wildman–Crippen LogP) is 3.06. The zero-order valence-electron chi connectivity index (χ0n) is 16.7. The number of carboxylic acids is 1. The summed E-state index contributed by atoms with van der Waals surface area (Å²) in [5.41, 5.74) is 1.19. The Morgan fingerprint density at radius 3 is 2.41 bits per heavy atom. The second-order valence-corrected chi connectivity index (χ2v) is 7.18. The second-order valence-electron chi connectivity index (χ2n) is 7.18. The normalized spacial score (nSPS) is 12.1. The number of hydrogen-bond acceptors (Lipinski definition) is 4.